The maximum absolute atomic E-state index is 14.1. The molecule has 1 unspecified atom stereocenters. The molecule has 1 aliphatic rings. The smallest absolute Gasteiger partial charge is 0.265 e. The molecule has 0 bridgehead atoms. The Kier molecular flexibility index (Phi) is 5.35. The van der Waals surface area contributed by atoms with E-state index in [9.17, 15) is 13.5 Å². The lowest BCUT2D eigenvalue weighted by molar-refractivity contribution is 0.471. The predicted octanol–water partition coefficient (Wildman–Crippen LogP) is 6.88. The maximum atomic E-state index is 14.1. The van der Waals surface area contributed by atoms with Gasteiger partial charge in [-0.05, 0) is 69.0 Å². The van der Waals surface area contributed by atoms with Crippen molar-refractivity contribution in [3.8, 4) is 16.9 Å². The van der Waals surface area contributed by atoms with Crippen LogP contribution in [0.2, 0.25) is 0 Å². The van der Waals surface area contributed by atoms with Crippen molar-refractivity contribution in [1.29, 1.82) is 0 Å². The quantitative estimate of drug-likeness (QED) is 0.292. The lowest BCUT2D eigenvalue weighted by atomic mass is 9.86. The summed E-state index contributed by atoms with van der Waals surface area (Å²) in [4.78, 5) is 0.0938. The lowest BCUT2D eigenvalue weighted by Gasteiger charge is -2.39. The van der Waals surface area contributed by atoms with Crippen LogP contribution in [0.3, 0.4) is 0 Å². The van der Waals surface area contributed by atoms with Crippen LogP contribution in [0.4, 0.5) is 5.69 Å². The third kappa shape index (κ3) is 3.45. The molecule has 1 aliphatic heterocycles. The molecule has 1 heterocycles. The van der Waals surface area contributed by atoms with Crippen molar-refractivity contribution in [3.05, 3.63) is 111 Å². The van der Waals surface area contributed by atoms with E-state index >= 15 is 0 Å². The van der Waals surface area contributed by atoms with Crippen molar-refractivity contribution in [2.24, 2.45) is 0 Å². The molecule has 160 valence electrons. The third-order valence-electron chi connectivity index (χ3n) is 5.57. The van der Waals surface area contributed by atoms with Crippen molar-refractivity contribution in [3.63, 3.8) is 0 Å². The molecule has 1 N–H and O–H groups in total. The Hall–Kier alpha value is -2.61. The molecule has 0 saturated heterocycles. The number of nitrogens with zero attached hydrogens (tertiary/aromatic N) is 1. The molecule has 4 nitrogen and oxygen atoms in total. The van der Waals surface area contributed by atoms with Crippen molar-refractivity contribution >= 4 is 47.6 Å². The molecule has 0 radical (unpaired) electrons. The Morgan fingerprint density at radius 1 is 0.781 bits per heavy atom. The summed E-state index contributed by atoms with van der Waals surface area (Å²) >= 11 is 6.78. The molecule has 4 aromatic carbocycles. The van der Waals surface area contributed by atoms with Crippen molar-refractivity contribution < 1.29 is 13.5 Å². The summed E-state index contributed by atoms with van der Waals surface area (Å²) in [6.45, 7) is 0. The molecular weight excluding hydrogens is 554 g/mol. The molecule has 0 saturated carbocycles. The molecular formula is C25H17Br2NO3S. The van der Waals surface area contributed by atoms with Gasteiger partial charge in [-0.3, -0.25) is 4.31 Å². The molecule has 0 aliphatic carbocycles. The van der Waals surface area contributed by atoms with Gasteiger partial charge in [-0.1, -0.05) is 70.5 Å². The minimum absolute atomic E-state index is 0.0168. The van der Waals surface area contributed by atoms with Crippen molar-refractivity contribution in [2.75, 3.05) is 4.31 Å². The van der Waals surface area contributed by atoms with E-state index < -0.39 is 16.1 Å². The highest BCUT2D eigenvalue weighted by atomic mass is 79.9. The number of fused-ring (bicyclic) bond motifs is 3. The summed E-state index contributed by atoms with van der Waals surface area (Å²) in [6, 6.07) is 26.9. The number of benzene rings is 4. The second-order valence-corrected chi connectivity index (χ2v) is 11.1. The molecule has 0 fully saturated rings. The van der Waals surface area contributed by atoms with Gasteiger partial charge in [0.25, 0.3) is 10.0 Å². The molecule has 5 rings (SSSR count). The first kappa shape index (κ1) is 21.2. The van der Waals surface area contributed by atoms with E-state index in [1.807, 2.05) is 72.8 Å². The van der Waals surface area contributed by atoms with Crippen molar-refractivity contribution in [1.82, 2.24) is 0 Å². The van der Waals surface area contributed by atoms with E-state index in [0.717, 1.165) is 26.7 Å². The van der Waals surface area contributed by atoms with Gasteiger partial charge in [0.15, 0.2) is 0 Å². The van der Waals surface area contributed by atoms with Crippen LogP contribution >= 0.6 is 31.9 Å². The van der Waals surface area contributed by atoms with Gasteiger partial charge >= 0.3 is 0 Å². The summed E-state index contributed by atoms with van der Waals surface area (Å²) in [5.41, 5.74) is 4.21. The third-order valence-corrected chi connectivity index (χ3v) is 8.47. The predicted molar refractivity (Wildman–Crippen MR) is 133 cm³/mol. The van der Waals surface area contributed by atoms with Crippen LogP contribution < -0.4 is 4.31 Å². The fourth-order valence-corrected chi connectivity index (χ4v) is 6.70. The first-order valence-corrected chi connectivity index (χ1v) is 12.9. The van der Waals surface area contributed by atoms with Gasteiger partial charge in [0.2, 0.25) is 0 Å². The van der Waals surface area contributed by atoms with Gasteiger partial charge in [0.1, 0.15) is 5.75 Å². The van der Waals surface area contributed by atoms with Crippen LogP contribution in [0.1, 0.15) is 17.2 Å². The average Bonchev–Trinajstić information content (AvgIpc) is 2.80. The summed E-state index contributed by atoms with van der Waals surface area (Å²) in [6.07, 6.45) is 0. The molecule has 7 heteroatoms. The minimum atomic E-state index is -3.99. The van der Waals surface area contributed by atoms with Crippen LogP contribution in [0, 0.1) is 0 Å². The Morgan fingerprint density at radius 2 is 1.50 bits per heavy atom. The Labute approximate surface area is 203 Å². The van der Waals surface area contributed by atoms with Crippen LogP contribution in [-0.2, 0) is 10.0 Å². The number of halogens is 2. The summed E-state index contributed by atoms with van der Waals surface area (Å²) < 4.78 is 30.9. The standard InChI is InChI=1S/C25H17Br2NO3S/c26-17-10-12-23-21(14-17)19-8-4-5-9-20(19)25(16-6-2-1-3-7-16)28(23)32(30,31)18-11-13-24(29)22(27)15-18/h1-15,25,29H. The van der Waals surface area contributed by atoms with E-state index in [4.69, 9.17) is 0 Å². The number of phenols is 1. The molecule has 0 spiro atoms. The zero-order chi connectivity index (χ0) is 22.5. The van der Waals surface area contributed by atoms with Gasteiger partial charge < -0.3 is 5.11 Å². The molecule has 1 atom stereocenters. The maximum Gasteiger partial charge on any atom is 0.265 e. The largest absolute Gasteiger partial charge is 0.507 e. The summed E-state index contributed by atoms with van der Waals surface area (Å²) in [5, 5.41) is 9.91. The molecule has 0 amide bonds. The fraction of sp³-hybridized carbons (Fsp3) is 0.0400. The SMILES string of the molecule is O=S(=O)(c1ccc(O)c(Br)c1)N1c2ccc(Br)cc2-c2ccccc2C1c1ccccc1. The zero-order valence-electron chi connectivity index (χ0n) is 16.6. The minimum Gasteiger partial charge on any atom is -0.507 e. The van der Waals surface area contributed by atoms with Crippen LogP contribution in [0.5, 0.6) is 5.75 Å². The fourth-order valence-electron chi connectivity index (χ4n) is 4.14. The number of anilines is 1. The molecule has 0 aromatic heterocycles. The first-order valence-electron chi connectivity index (χ1n) is 9.84. The number of sulfonamides is 1. The second-order valence-electron chi connectivity index (χ2n) is 7.48. The zero-order valence-corrected chi connectivity index (χ0v) is 20.6. The monoisotopic (exact) mass is 569 g/mol. The van der Waals surface area contributed by atoms with Crippen LogP contribution in [0.25, 0.3) is 11.1 Å². The Balaban J connectivity index is 1.83. The van der Waals surface area contributed by atoms with Gasteiger partial charge in [-0.15, -0.1) is 0 Å². The van der Waals surface area contributed by atoms with Gasteiger partial charge in [0.05, 0.1) is 21.1 Å². The van der Waals surface area contributed by atoms with E-state index in [0.29, 0.717) is 10.2 Å². The first-order chi connectivity index (χ1) is 15.4. The summed E-state index contributed by atoms with van der Waals surface area (Å²) in [7, 11) is -3.99. The number of hydrogen-bond donors (Lipinski definition) is 1. The number of phenolic OH excluding ortho intramolecular Hbond substituents is 1. The Bertz CT molecular complexity index is 1440. The second kappa shape index (κ2) is 8.06. The number of hydrogen-bond acceptors (Lipinski definition) is 3. The van der Waals surface area contributed by atoms with E-state index in [1.165, 1.54) is 22.5 Å². The summed E-state index contributed by atoms with van der Waals surface area (Å²) in [5.74, 6) is -0.0168. The molecule has 4 aromatic rings. The van der Waals surface area contributed by atoms with Gasteiger partial charge in [-0.25, -0.2) is 8.42 Å². The number of aromatic hydroxyl groups is 1. The topological polar surface area (TPSA) is 57.6 Å². The van der Waals surface area contributed by atoms with Crippen LogP contribution in [0.15, 0.2) is 105 Å². The van der Waals surface area contributed by atoms with E-state index in [2.05, 4.69) is 31.9 Å². The van der Waals surface area contributed by atoms with Crippen LogP contribution in [-0.4, -0.2) is 13.5 Å². The highest BCUT2D eigenvalue weighted by molar-refractivity contribution is 9.10. The van der Waals surface area contributed by atoms with E-state index in [1.54, 1.807) is 0 Å². The highest BCUT2D eigenvalue weighted by Crippen LogP contribution is 2.50. The van der Waals surface area contributed by atoms with Gasteiger partial charge in [-0.2, -0.15) is 0 Å². The normalized spacial score (nSPS) is 15.2. The highest BCUT2D eigenvalue weighted by Gasteiger charge is 2.40. The Morgan fingerprint density at radius 3 is 2.25 bits per heavy atom. The lowest BCUT2D eigenvalue weighted by Crippen LogP contribution is -2.38. The average molecular weight is 571 g/mol. The number of rotatable bonds is 3. The molecule has 32 heavy (non-hydrogen) atoms. The van der Waals surface area contributed by atoms with Gasteiger partial charge in [0, 0.05) is 10.0 Å². The van der Waals surface area contributed by atoms with Crippen molar-refractivity contribution in [2.45, 2.75) is 10.9 Å². The van der Waals surface area contributed by atoms with E-state index in [-0.39, 0.29) is 10.6 Å².